The molecule has 0 saturated carbocycles. The molecule has 6 heteroatoms. The van der Waals surface area contributed by atoms with Gasteiger partial charge in [0.15, 0.2) is 0 Å². The van der Waals surface area contributed by atoms with Gasteiger partial charge in [0, 0.05) is 24.6 Å². The number of hydrogen-bond acceptors (Lipinski definition) is 3. The molecule has 1 aliphatic heterocycles. The average molecular weight is 387 g/mol. The largest absolute Gasteiger partial charge is 0.376 e. The second-order valence-electron chi connectivity index (χ2n) is 6.57. The minimum Gasteiger partial charge on any atom is -0.376 e. The normalized spacial score (nSPS) is 16.1. The van der Waals surface area contributed by atoms with Gasteiger partial charge in [-0.05, 0) is 49.1 Å². The van der Waals surface area contributed by atoms with Crippen LogP contribution in [0.2, 0.25) is 5.02 Å². The lowest BCUT2D eigenvalue weighted by Gasteiger charge is -2.14. The number of benzene rings is 2. The lowest BCUT2D eigenvalue weighted by molar-refractivity contribution is -0.116. The van der Waals surface area contributed by atoms with Crippen molar-refractivity contribution in [1.29, 1.82) is 0 Å². The summed E-state index contributed by atoms with van der Waals surface area (Å²) in [5.41, 5.74) is 2.01. The first-order valence-electron chi connectivity index (χ1n) is 9.15. The van der Waals surface area contributed by atoms with Gasteiger partial charge in [-0.2, -0.15) is 0 Å². The highest BCUT2D eigenvalue weighted by Crippen LogP contribution is 2.17. The number of ether oxygens (including phenoxy) is 1. The molecule has 27 heavy (non-hydrogen) atoms. The zero-order valence-corrected chi connectivity index (χ0v) is 15.8. The Morgan fingerprint density at radius 1 is 1.11 bits per heavy atom. The highest BCUT2D eigenvalue weighted by Gasteiger charge is 2.18. The molecule has 5 nitrogen and oxygen atoms in total. The molecular formula is C21H23ClN2O3. The molecule has 142 valence electrons. The fourth-order valence-electron chi connectivity index (χ4n) is 3.02. The maximum Gasteiger partial charge on any atom is 0.253 e. The van der Waals surface area contributed by atoms with E-state index in [9.17, 15) is 9.59 Å². The van der Waals surface area contributed by atoms with Crippen molar-refractivity contribution < 1.29 is 14.3 Å². The Hall–Kier alpha value is -2.37. The molecule has 1 saturated heterocycles. The summed E-state index contributed by atoms with van der Waals surface area (Å²) in [6.07, 6.45) is 3.00. The van der Waals surface area contributed by atoms with Crippen molar-refractivity contribution in [2.75, 3.05) is 18.5 Å². The van der Waals surface area contributed by atoms with Crippen LogP contribution in [0.15, 0.2) is 48.5 Å². The molecule has 0 bridgehead atoms. The third-order valence-electron chi connectivity index (χ3n) is 4.51. The van der Waals surface area contributed by atoms with Crippen LogP contribution in [0.1, 0.15) is 35.2 Å². The van der Waals surface area contributed by atoms with Gasteiger partial charge in [0.25, 0.3) is 5.91 Å². The van der Waals surface area contributed by atoms with Gasteiger partial charge in [0.05, 0.1) is 17.4 Å². The first kappa shape index (κ1) is 19.4. The number of aryl methyl sites for hydroxylation is 1. The number of hydrogen-bond donors (Lipinski definition) is 2. The fourth-order valence-corrected chi connectivity index (χ4v) is 3.14. The van der Waals surface area contributed by atoms with Crippen LogP contribution in [0.25, 0.3) is 0 Å². The Bertz CT molecular complexity index is 786. The Kier molecular flexibility index (Phi) is 6.85. The number of anilines is 1. The quantitative estimate of drug-likeness (QED) is 0.760. The van der Waals surface area contributed by atoms with Gasteiger partial charge >= 0.3 is 0 Å². The van der Waals surface area contributed by atoms with E-state index in [0.717, 1.165) is 25.0 Å². The smallest absolute Gasteiger partial charge is 0.253 e. The zero-order valence-electron chi connectivity index (χ0n) is 15.0. The van der Waals surface area contributed by atoms with Crippen molar-refractivity contribution in [2.45, 2.75) is 31.8 Å². The van der Waals surface area contributed by atoms with Crippen LogP contribution in [-0.4, -0.2) is 31.1 Å². The van der Waals surface area contributed by atoms with E-state index in [-0.39, 0.29) is 17.9 Å². The summed E-state index contributed by atoms with van der Waals surface area (Å²) in [7, 11) is 0. The number of rotatable bonds is 7. The maximum atomic E-state index is 12.5. The van der Waals surface area contributed by atoms with Crippen LogP contribution in [-0.2, 0) is 16.0 Å². The molecule has 3 rings (SSSR count). The summed E-state index contributed by atoms with van der Waals surface area (Å²) in [5.74, 6) is -0.344. The molecule has 1 heterocycles. The third kappa shape index (κ3) is 5.81. The Morgan fingerprint density at radius 3 is 2.63 bits per heavy atom. The summed E-state index contributed by atoms with van der Waals surface area (Å²) in [6.45, 7) is 1.23. The number of para-hydroxylation sites is 1. The van der Waals surface area contributed by atoms with E-state index in [1.54, 1.807) is 24.3 Å². The summed E-state index contributed by atoms with van der Waals surface area (Å²) in [6, 6.07) is 14.5. The number of carbonyl (C=O) groups excluding carboxylic acids is 2. The topological polar surface area (TPSA) is 67.4 Å². The summed E-state index contributed by atoms with van der Waals surface area (Å²) in [5, 5.41) is 6.41. The summed E-state index contributed by atoms with van der Waals surface area (Å²) < 4.78 is 5.52. The zero-order chi connectivity index (χ0) is 19.1. The predicted octanol–water partition coefficient (Wildman–Crippen LogP) is 3.82. The first-order valence-corrected chi connectivity index (χ1v) is 9.53. The van der Waals surface area contributed by atoms with Gasteiger partial charge in [-0.15, -0.1) is 0 Å². The van der Waals surface area contributed by atoms with Crippen molar-refractivity contribution in [3.8, 4) is 0 Å². The van der Waals surface area contributed by atoms with Gasteiger partial charge in [-0.1, -0.05) is 35.9 Å². The summed E-state index contributed by atoms with van der Waals surface area (Å²) >= 11 is 5.87. The Morgan fingerprint density at radius 2 is 1.89 bits per heavy atom. The van der Waals surface area contributed by atoms with E-state index in [4.69, 9.17) is 16.3 Å². The van der Waals surface area contributed by atoms with Crippen molar-refractivity contribution in [3.05, 3.63) is 64.7 Å². The van der Waals surface area contributed by atoms with Crippen LogP contribution in [0, 0.1) is 0 Å². The first-order chi connectivity index (χ1) is 13.1. The van der Waals surface area contributed by atoms with Crippen LogP contribution >= 0.6 is 11.6 Å². The number of carbonyl (C=O) groups is 2. The average Bonchev–Trinajstić information content (AvgIpc) is 3.20. The molecule has 0 spiro atoms. The van der Waals surface area contributed by atoms with Crippen molar-refractivity contribution in [3.63, 3.8) is 0 Å². The van der Waals surface area contributed by atoms with E-state index in [1.165, 1.54) is 0 Å². The minimum absolute atomic E-state index is 0.0788. The van der Waals surface area contributed by atoms with Gasteiger partial charge in [0.1, 0.15) is 0 Å². The molecule has 2 aromatic carbocycles. The number of halogens is 1. The highest BCUT2D eigenvalue weighted by atomic mass is 35.5. The molecule has 0 radical (unpaired) electrons. The number of nitrogens with one attached hydrogen (secondary N) is 2. The highest BCUT2D eigenvalue weighted by molar-refractivity contribution is 6.30. The molecule has 0 aliphatic carbocycles. The van der Waals surface area contributed by atoms with Crippen LogP contribution in [0.4, 0.5) is 5.69 Å². The van der Waals surface area contributed by atoms with E-state index in [1.807, 2.05) is 24.3 Å². The number of amides is 2. The Balaban J connectivity index is 1.55. The van der Waals surface area contributed by atoms with E-state index in [2.05, 4.69) is 10.6 Å². The molecular weight excluding hydrogens is 364 g/mol. The van der Waals surface area contributed by atoms with Crippen LogP contribution < -0.4 is 10.6 Å². The lowest BCUT2D eigenvalue weighted by atomic mass is 10.1. The molecule has 1 fully saturated rings. The predicted molar refractivity (Wildman–Crippen MR) is 106 cm³/mol. The van der Waals surface area contributed by atoms with Gasteiger partial charge in [-0.3, -0.25) is 9.59 Å². The van der Waals surface area contributed by atoms with Gasteiger partial charge in [-0.25, -0.2) is 0 Å². The van der Waals surface area contributed by atoms with E-state index < -0.39 is 0 Å². The lowest BCUT2D eigenvalue weighted by Crippen LogP contribution is -2.32. The SMILES string of the molecule is O=C(CCc1ccc(Cl)cc1)Nc1ccccc1C(=O)NC[C@@H]1CCCO1. The second-order valence-corrected chi connectivity index (χ2v) is 7.00. The molecule has 2 N–H and O–H groups in total. The third-order valence-corrected chi connectivity index (χ3v) is 4.77. The van der Waals surface area contributed by atoms with E-state index in [0.29, 0.717) is 35.7 Å². The van der Waals surface area contributed by atoms with Crippen molar-refractivity contribution >= 4 is 29.1 Å². The standard InChI is InChI=1S/C21H23ClN2O3/c22-16-10-7-15(8-11-16)9-12-20(25)24-19-6-2-1-5-18(19)21(26)23-14-17-4-3-13-27-17/h1-2,5-8,10-11,17H,3-4,9,12-14H2,(H,23,26)(H,24,25)/t17-/m0/s1. The van der Waals surface area contributed by atoms with Crippen molar-refractivity contribution in [2.24, 2.45) is 0 Å². The van der Waals surface area contributed by atoms with Crippen molar-refractivity contribution in [1.82, 2.24) is 5.32 Å². The fraction of sp³-hybridized carbons (Fsp3) is 0.333. The Labute approximate surface area is 164 Å². The molecule has 2 amide bonds. The van der Waals surface area contributed by atoms with E-state index >= 15 is 0 Å². The monoisotopic (exact) mass is 386 g/mol. The molecule has 0 aromatic heterocycles. The van der Waals surface area contributed by atoms with Gasteiger partial charge in [0.2, 0.25) is 5.91 Å². The molecule has 1 atom stereocenters. The molecule has 1 aliphatic rings. The molecule has 2 aromatic rings. The maximum absolute atomic E-state index is 12.5. The van der Waals surface area contributed by atoms with Crippen LogP contribution in [0.5, 0.6) is 0 Å². The van der Waals surface area contributed by atoms with Gasteiger partial charge < -0.3 is 15.4 Å². The van der Waals surface area contributed by atoms with Crippen LogP contribution in [0.3, 0.4) is 0 Å². The molecule has 0 unspecified atom stereocenters. The summed E-state index contributed by atoms with van der Waals surface area (Å²) in [4.78, 5) is 24.8. The second kappa shape index (κ2) is 9.53. The minimum atomic E-state index is -0.209.